The lowest BCUT2D eigenvalue weighted by atomic mass is 10.2. The van der Waals surface area contributed by atoms with Crippen LogP contribution >= 0.6 is 0 Å². The van der Waals surface area contributed by atoms with Crippen molar-refractivity contribution in [1.82, 2.24) is 5.32 Å². The fourth-order valence-corrected chi connectivity index (χ4v) is 2.60. The Hall–Kier alpha value is -2.82. The highest BCUT2D eigenvalue weighted by Crippen LogP contribution is 2.20. The number of nitrogens with zero attached hydrogens (tertiary/aromatic N) is 1. The molecule has 0 saturated carbocycles. The van der Waals surface area contributed by atoms with E-state index in [0.717, 1.165) is 5.69 Å². The first-order valence-electron chi connectivity index (χ1n) is 7.55. The Labute approximate surface area is 134 Å². The molecule has 0 radical (unpaired) electrons. The number of para-hydroxylation sites is 2. The van der Waals surface area contributed by atoms with Gasteiger partial charge < -0.3 is 15.0 Å². The van der Waals surface area contributed by atoms with Gasteiger partial charge >= 0.3 is 0 Å². The second kappa shape index (κ2) is 6.96. The van der Waals surface area contributed by atoms with Crippen molar-refractivity contribution >= 4 is 17.5 Å². The van der Waals surface area contributed by atoms with Gasteiger partial charge in [-0.2, -0.15) is 0 Å². The number of carbonyl (C=O) groups is 2. The Balaban J connectivity index is 1.51. The number of ether oxygens (including phenoxy) is 1. The van der Waals surface area contributed by atoms with Crippen molar-refractivity contribution in [2.45, 2.75) is 12.5 Å². The van der Waals surface area contributed by atoms with Crippen LogP contribution in [0.5, 0.6) is 5.75 Å². The highest BCUT2D eigenvalue weighted by molar-refractivity contribution is 5.96. The number of hydrogen-bond donors (Lipinski definition) is 1. The van der Waals surface area contributed by atoms with Gasteiger partial charge in [0.05, 0.1) is 6.04 Å². The molecule has 2 aromatic rings. The first-order chi connectivity index (χ1) is 11.2. The van der Waals surface area contributed by atoms with Crippen LogP contribution < -0.4 is 15.0 Å². The normalized spacial score (nSPS) is 17.1. The van der Waals surface area contributed by atoms with Crippen LogP contribution in [-0.4, -0.2) is 31.0 Å². The minimum atomic E-state index is -0.221. The standard InChI is InChI=1S/C18H18N2O3/c21-17(13-23-16-9-5-2-6-10-16)19-14-11-18(22)20(12-14)15-7-3-1-4-8-15/h1-10,14H,11-13H2,(H,19,21)/t14-/m1/s1. The van der Waals surface area contributed by atoms with Crippen LogP contribution in [0.3, 0.4) is 0 Å². The summed E-state index contributed by atoms with van der Waals surface area (Å²) in [6.07, 6.45) is 0.311. The number of anilines is 1. The lowest BCUT2D eigenvalue weighted by Gasteiger charge is -2.17. The lowest BCUT2D eigenvalue weighted by Crippen LogP contribution is -2.39. The van der Waals surface area contributed by atoms with Crippen molar-refractivity contribution in [3.05, 3.63) is 60.7 Å². The van der Waals surface area contributed by atoms with E-state index < -0.39 is 0 Å². The van der Waals surface area contributed by atoms with Gasteiger partial charge in [0.1, 0.15) is 5.75 Å². The van der Waals surface area contributed by atoms with Crippen molar-refractivity contribution in [3.8, 4) is 5.75 Å². The van der Waals surface area contributed by atoms with Gasteiger partial charge in [0, 0.05) is 18.7 Å². The SMILES string of the molecule is O=C(COc1ccccc1)N[C@@H]1CC(=O)N(c2ccccc2)C1. The molecule has 1 atom stereocenters. The summed E-state index contributed by atoms with van der Waals surface area (Å²) in [6.45, 7) is 0.431. The Kier molecular flexibility index (Phi) is 4.57. The first-order valence-corrected chi connectivity index (χ1v) is 7.55. The molecule has 1 saturated heterocycles. The lowest BCUT2D eigenvalue weighted by molar-refractivity contribution is -0.123. The smallest absolute Gasteiger partial charge is 0.258 e. The third-order valence-electron chi connectivity index (χ3n) is 3.67. The molecule has 0 spiro atoms. The van der Waals surface area contributed by atoms with E-state index in [4.69, 9.17) is 4.74 Å². The fourth-order valence-electron chi connectivity index (χ4n) is 2.60. The molecule has 0 unspecified atom stereocenters. The summed E-state index contributed by atoms with van der Waals surface area (Å²) in [5.74, 6) is 0.447. The molecular weight excluding hydrogens is 292 g/mol. The van der Waals surface area contributed by atoms with Gasteiger partial charge in [-0.1, -0.05) is 36.4 Å². The van der Waals surface area contributed by atoms with E-state index in [9.17, 15) is 9.59 Å². The van der Waals surface area contributed by atoms with Crippen molar-refractivity contribution in [2.24, 2.45) is 0 Å². The summed E-state index contributed by atoms with van der Waals surface area (Å²) >= 11 is 0. The van der Waals surface area contributed by atoms with E-state index in [1.165, 1.54) is 0 Å². The topological polar surface area (TPSA) is 58.6 Å². The van der Waals surface area contributed by atoms with Gasteiger partial charge in [0.15, 0.2) is 6.61 Å². The van der Waals surface area contributed by atoms with Crippen LogP contribution in [0.15, 0.2) is 60.7 Å². The summed E-state index contributed by atoms with van der Waals surface area (Å²) in [5, 5.41) is 2.85. The summed E-state index contributed by atoms with van der Waals surface area (Å²) < 4.78 is 5.41. The monoisotopic (exact) mass is 310 g/mol. The van der Waals surface area contributed by atoms with Gasteiger partial charge in [-0.05, 0) is 24.3 Å². The van der Waals surface area contributed by atoms with Crippen LogP contribution in [0.2, 0.25) is 0 Å². The zero-order chi connectivity index (χ0) is 16.1. The number of amides is 2. The maximum absolute atomic E-state index is 12.1. The second-order valence-electron chi connectivity index (χ2n) is 5.41. The van der Waals surface area contributed by atoms with E-state index in [2.05, 4.69) is 5.32 Å². The van der Waals surface area contributed by atoms with Crippen LogP contribution in [-0.2, 0) is 9.59 Å². The minimum absolute atomic E-state index is 0.0190. The Morgan fingerprint density at radius 3 is 2.43 bits per heavy atom. The van der Waals surface area contributed by atoms with Crippen molar-refractivity contribution in [3.63, 3.8) is 0 Å². The molecule has 23 heavy (non-hydrogen) atoms. The van der Waals surface area contributed by atoms with Gasteiger partial charge in [-0.25, -0.2) is 0 Å². The third-order valence-corrected chi connectivity index (χ3v) is 3.67. The maximum atomic E-state index is 12.1. The van der Waals surface area contributed by atoms with Crippen molar-refractivity contribution in [1.29, 1.82) is 0 Å². The molecule has 1 fully saturated rings. The number of carbonyl (C=O) groups excluding carboxylic acids is 2. The third kappa shape index (κ3) is 3.88. The van der Waals surface area contributed by atoms with Crippen LogP contribution in [0.25, 0.3) is 0 Å². The molecule has 1 aliphatic heterocycles. The molecule has 1 heterocycles. The van der Waals surface area contributed by atoms with E-state index >= 15 is 0 Å². The zero-order valence-electron chi connectivity index (χ0n) is 12.6. The predicted molar refractivity (Wildman–Crippen MR) is 87.3 cm³/mol. The number of rotatable bonds is 5. The first kappa shape index (κ1) is 15.1. The molecule has 2 aromatic carbocycles. The highest BCUT2D eigenvalue weighted by atomic mass is 16.5. The van der Waals surface area contributed by atoms with E-state index in [0.29, 0.717) is 18.7 Å². The average molecular weight is 310 g/mol. The molecule has 0 aromatic heterocycles. The number of hydrogen-bond acceptors (Lipinski definition) is 3. The molecular formula is C18H18N2O3. The van der Waals surface area contributed by atoms with Crippen molar-refractivity contribution in [2.75, 3.05) is 18.1 Å². The molecule has 5 nitrogen and oxygen atoms in total. The molecule has 118 valence electrons. The summed E-state index contributed by atoms with van der Waals surface area (Å²) in [5.41, 5.74) is 0.856. The summed E-state index contributed by atoms with van der Waals surface area (Å²) in [6, 6.07) is 18.5. The number of benzene rings is 2. The van der Waals surface area contributed by atoms with E-state index in [-0.39, 0.29) is 24.5 Å². The van der Waals surface area contributed by atoms with Crippen LogP contribution in [0.4, 0.5) is 5.69 Å². The Morgan fingerprint density at radius 2 is 1.74 bits per heavy atom. The molecule has 0 aliphatic carbocycles. The average Bonchev–Trinajstić information content (AvgIpc) is 2.95. The Bertz CT molecular complexity index is 673. The second-order valence-corrected chi connectivity index (χ2v) is 5.41. The fraction of sp³-hybridized carbons (Fsp3) is 0.222. The molecule has 3 rings (SSSR count). The van der Waals surface area contributed by atoms with Gasteiger partial charge in [0.25, 0.3) is 5.91 Å². The molecule has 5 heteroatoms. The van der Waals surface area contributed by atoms with Crippen molar-refractivity contribution < 1.29 is 14.3 Å². The van der Waals surface area contributed by atoms with Crippen LogP contribution in [0.1, 0.15) is 6.42 Å². The molecule has 2 amide bonds. The predicted octanol–water partition coefficient (Wildman–Crippen LogP) is 1.99. The summed E-state index contributed by atoms with van der Waals surface area (Å²) in [4.78, 5) is 25.7. The zero-order valence-corrected chi connectivity index (χ0v) is 12.6. The minimum Gasteiger partial charge on any atom is -0.484 e. The van der Waals surface area contributed by atoms with E-state index in [1.807, 2.05) is 48.5 Å². The summed E-state index contributed by atoms with van der Waals surface area (Å²) in [7, 11) is 0. The number of nitrogens with one attached hydrogen (secondary N) is 1. The quantitative estimate of drug-likeness (QED) is 0.919. The highest BCUT2D eigenvalue weighted by Gasteiger charge is 2.31. The molecule has 1 N–H and O–H groups in total. The van der Waals surface area contributed by atoms with E-state index in [1.54, 1.807) is 17.0 Å². The maximum Gasteiger partial charge on any atom is 0.258 e. The Morgan fingerprint density at radius 1 is 1.09 bits per heavy atom. The van der Waals surface area contributed by atoms with Crippen LogP contribution in [0, 0.1) is 0 Å². The van der Waals surface area contributed by atoms with Gasteiger partial charge in [-0.3, -0.25) is 9.59 Å². The van der Waals surface area contributed by atoms with Gasteiger partial charge in [-0.15, -0.1) is 0 Å². The molecule has 1 aliphatic rings. The van der Waals surface area contributed by atoms with Gasteiger partial charge in [0.2, 0.25) is 5.91 Å². The largest absolute Gasteiger partial charge is 0.484 e. The molecule has 0 bridgehead atoms.